The summed E-state index contributed by atoms with van der Waals surface area (Å²) in [5, 5.41) is 2.70. The second-order valence-electron chi connectivity index (χ2n) is 5.76. The van der Waals surface area contributed by atoms with Crippen LogP contribution in [0.2, 0.25) is 0 Å². The Hall–Kier alpha value is -2.08. The first-order valence-electron chi connectivity index (χ1n) is 7.14. The smallest absolute Gasteiger partial charge is 0.0146 e. The molecule has 0 bridgehead atoms. The van der Waals surface area contributed by atoms with Crippen LogP contribution in [0.5, 0.6) is 0 Å². The van der Waals surface area contributed by atoms with Gasteiger partial charge in [-0.15, -0.1) is 0 Å². The van der Waals surface area contributed by atoms with Crippen LogP contribution in [0.1, 0.15) is 22.3 Å². The highest BCUT2D eigenvalue weighted by atomic mass is 14.1. The molecule has 0 aliphatic rings. The molecular weight excluding hydrogens is 240 g/mol. The molecule has 0 unspecified atom stereocenters. The fourth-order valence-electron chi connectivity index (χ4n) is 2.82. The van der Waals surface area contributed by atoms with Crippen molar-refractivity contribution in [1.82, 2.24) is 0 Å². The third kappa shape index (κ3) is 2.12. The van der Waals surface area contributed by atoms with E-state index in [1.54, 1.807) is 0 Å². The van der Waals surface area contributed by atoms with E-state index < -0.39 is 0 Å². The summed E-state index contributed by atoms with van der Waals surface area (Å²) in [5.41, 5.74) is 8.05. The first-order chi connectivity index (χ1) is 9.56. The van der Waals surface area contributed by atoms with Gasteiger partial charge in [-0.1, -0.05) is 53.6 Å². The first-order valence-corrected chi connectivity index (χ1v) is 7.14. The van der Waals surface area contributed by atoms with Crippen molar-refractivity contribution >= 4 is 10.8 Å². The van der Waals surface area contributed by atoms with Gasteiger partial charge < -0.3 is 0 Å². The highest BCUT2D eigenvalue weighted by molar-refractivity contribution is 5.92. The van der Waals surface area contributed by atoms with Gasteiger partial charge in [0.25, 0.3) is 0 Å². The van der Waals surface area contributed by atoms with Crippen molar-refractivity contribution in [1.29, 1.82) is 0 Å². The van der Waals surface area contributed by atoms with E-state index in [-0.39, 0.29) is 0 Å². The summed E-state index contributed by atoms with van der Waals surface area (Å²) in [6.45, 7) is 8.74. The molecule has 100 valence electrons. The lowest BCUT2D eigenvalue weighted by atomic mass is 9.91. The standard InChI is InChI=1S/C20H20/c1-13-5-8-17(9-6-13)20-12-18-10-7-14(2)11-19(18)15(3)16(20)4/h5-12H,1-4H3. The highest BCUT2D eigenvalue weighted by Gasteiger charge is 2.08. The maximum absolute atomic E-state index is 2.32. The summed E-state index contributed by atoms with van der Waals surface area (Å²) in [4.78, 5) is 0. The Morgan fingerprint density at radius 1 is 0.600 bits per heavy atom. The normalized spacial score (nSPS) is 11.0. The maximum atomic E-state index is 2.32. The van der Waals surface area contributed by atoms with Gasteiger partial charge >= 0.3 is 0 Å². The molecule has 0 aliphatic carbocycles. The van der Waals surface area contributed by atoms with E-state index in [0.717, 1.165) is 0 Å². The van der Waals surface area contributed by atoms with Crippen LogP contribution in [0.15, 0.2) is 48.5 Å². The third-order valence-corrected chi connectivity index (χ3v) is 4.24. The average molecular weight is 260 g/mol. The second-order valence-corrected chi connectivity index (χ2v) is 5.76. The van der Waals surface area contributed by atoms with Crippen molar-refractivity contribution in [3.8, 4) is 11.1 Å². The lowest BCUT2D eigenvalue weighted by Gasteiger charge is -2.13. The zero-order valence-electron chi connectivity index (χ0n) is 12.6. The van der Waals surface area contributed by atoms with Crippen LogP contribution in [0.25, 0.3) is 21.9 Å². The molecule has 0 heteroatoms. The molecule has 0 spiro atoms. The molecule has 3 aromatic rings. The van der Waals surface area contributed by atoms with E-state index in [1.807, 2.05) is 0 Å². The van der Waals surface area contributed by atoms with Gasteiger partial charge in [0.05, 0.1) is 0 Å². The largest absolute Gasteiger partial charge is 0.0587 e. The molecule has 0 aromatic heterocycles. The van der Waals surface area contributed by atoms with Crippen LogP contribution in [0.4, 0.5) is 0 Å². The Kier molecular flexibility index (Phi) is 3.10. The van der Waals surface area contributed by atoms with Gasteiger partial charge in [0.15, 0.2) is 0 Å². The minimum atomic E-state index is 1.30. The second kappa shape index (κ2) is 4.79. The molecule has 20 heavy (non-hydrogen) atoms. The van der Waals surface area contributed by atoms with Gasteiger partial charge in [-0.2, -0.15) is 0 Å². The van der Waals surface area contributed by atoms with Crippen molar-refractivity contribution in [3.05, 3.63) is 70.8 Å². The van der Waals surface area contributed by atoms with Gasteiger partial charge in [0, 0.05) is 0 Å². The summed E-state index contributed by atoms with van der Waals surface area (Å²) in [6, 6.07) is 17.8. The quantitative estimate of drug-likeness (QED) is 0.523. The Bertz CT molecular complexity index is 777. The third-order valence-electron chi connectivity index (χ3n) is 4.24. The maximum Gasteiger partial charge on any atom is -0.0146 e. The molecule has 0 radical (unpaired) electrons. The lowest BCUT2D eigenvalue weighted by molar-refractivity contribution is 1.36. The Labute approximate surface area is 121 Å². The van der Waals surface area contributed by atoms with E-state index in [4.69, 9.17) is 0 Å². The minimum absolute atomic E-state index is 1.30. The average Bonchev–Trinajstić information content (AvgIpc) is 2.44. The number of fused-ring (bicyclic) bond motifs is 1. The van der Waals surface area contributed by atoms with Crippen LogP contribution in [0, 0.1) is 27.7 Å². The number of hydrogen-bond donors (Lipinski definition) is 0. The monoisotopic (exact) mass is 260 g/mol. The number of benzene rings is 3. The van der Waals surface area contributed by atoms with Crippen LogP contribution >= 0.6 is 0 Å². The van der Waals surface area contributed by atoms with Crippen LogP contribution in [-0.2, 0) is 0 Å². The van der Waals surface area contributed by atoms with Crippen LogP contribution in [-0.4, -0.2) is 0 Å². The molecule has 0 N–H and O–H groups in total. The van der Waals surface area contributed by atoms with Crippen molar-refractivity contribution in [3.63, 3.8) is 0 Å². The lowest BCUT2D eigenvalue weighted by Crippen LogP contribution is -1.91. The summed E-state index contributed by atoms with van der Waals surface area (Å²) in [6.07, 6.45) is 0. The van der Waals surface area contributed by atoms with Crippen LogP contribution in [0.3, 0.4) is 0 Å². The molecule has 0 atom stereocenters. The predicted octanol–water partition coefficient (Wildman–Crippen LogP) is 5.74. The fourth-order valence-corrected chi connectivity index (χ4v) is 2.82. The zero-order chi connectivity index (χ0) is 14.3. The molecule has 0 nitrogen and oxygen atoms in total. The zero-order valence-corrected chi connectivity index (χ0v) is 12.6. The van der Waals surface area contributed by atoms with Gasteiger partial charge in [0.1, 0.15) is 0 Å². The number of aryl methyl sites for hydroxylation is 3. The Morgan fingerprint density at radius 2 is 1.25 bits per heavy atom. The molecule has 0 heterocycles. The first kappa shape index (κ1) is 12.9. The van der Waals surface area contributed by atoms with Crippen molar-refractivity contribution < 1.29 is 0 Å². The van der Waals surface area contributed by atoms with Crippen LogP contribution < -0.4 is 0 Å². The molecule has 0 saturated heterocycles. The fraction of sp³-hybridized carbons (Fsp3) is 0.200. The van der Waals surface area contributed by atoms with E-state index in [1.165, 1.54) is 44.2 Å². The molecular formula is C20H20. The summed E-state index contributed by atoms with van der Waals surface area (Å²) >= 11 is 0. The predicted molar refractivity (Wildman–Crippen MR) is 88.3 cm³/mol. The Morgan fingerprint density at radius 3 is 1.95 bits per heavy atom. The van der Waals surface area contributed by atoms with Gasteiger partial charge in [0.2, 0.25) is 0 Å². The molecule has 0 amide bonds. The van der Waals surface area contributed by atoms with E-state index >= 15 is 0 Å². The summed E-state index contributed by atoms with van der Waals surface area (Å²) in [7, 11) is 0. The van der Waals surface area contributed by atoms with Crippen molar-refractivity contribution in [2.24, 2.45) is 0 Å². The van der Waals surface area contributed by atoms with E-state index in [9.17, 15) is 0 Å². The molecule has 0 saturated carbocycles. The SMILES string of the molecule is Cc1ccc(-c2cc3ccc(C)cc3c(C)c2C)cc1. The minimum Gasteiger partial charge on any atom is -0.0587 e. The molecule has 0 fully saturated rings. The van der Waals surface area contributed by atoms with Crippen molar-refractivity contribution in [2.75, 3.05) is 0 Å². The Balaban J connectivity index is 2.29. The molecule has 3 aromatic carbocycles. The highest BCUT2D eigenvalue weighted by Crippen LogP contribution is 2.32. The molecule has 0 aliphatic heterocycles. The van der Waals surface area contributed by atoms with Gasteiger partial charge in [-0.05, 0) is 66.8 Å². The number of hydrogen-bond acceptors (Lipinski definition) is 0. The summed E-state index contributed by atoms with van der Waals surface area (Å²) in [5.74, 6) is 0. The summed E-state index contributed by atoms with van der Waals surface area (Å²) < 4.78 is 0. The van der Waals surface area contributed by atoms with Gasteiger partial charge in [-0.25, -0.2) is 0 Å². The number of rotatable bonds is 1. The molecule has 3 rings (SSSR count). The van der Waals surface area contributed by atoms with E-state index in [2.05, 4.69) is 76.2 Å². The van der Waals surface area contributed by atoms with Gasteiger partial charge in [-0.3, -0.25) is 0 Å². The van der Waals surface area contributed by atoms with Crippen molar-refractivity contribution in [2.45, 2.75) is 27.7 Å². The van der Waals surface area contributed by atoms with E-state index in [0.29, 0.717) is 0 Å². The topological polar surface area (TPSA) is 0 Å².